The van der Waals surface area contributed by atoms with E-state index in [9.17, 15) is 18.0 Å². The maximum atomic E-state index is 14.2. The fourth-order valence-electron chi connectivity index (χ4n) is 6.24. The molecule has 0 bridgehead atoms. The molecule has 42 heavy (non-hydrogen) atoms. The number of hydrogen-bond donors (Lipinski definition) is 1. The van der Waals surface area contributed by atoms with Gasteiger partial charge in [-0.25, -0.2) is 13.2 Å². The molecule has 0 spiro atoms. The molecule has 0 radical (unpaired) electrons. The number of esters is 1. The predicted molar refractivity (Wildman–Crippen MR) is 167 cm³/mol. The van der Waals surface area contributed by atoms with E-state index in [-0.39, 0.29) is 35.6 Å². The number of carbonyl (C=O) groups excluding carboxylic acids is 2. The topological polar surface area (TPSA) is 96.0 Å². The summed E-state index contributed by atoms with van der Waals surface area (Å²) in [4.78, 5) is 27.3. The van der Waals surface area contributed by atoms with Crippen LogP contribution >= 0.6 is 11.6 Å². The van der Waals surface area contributed by atoms with Gasteiger partial charge in [0.2, 0.25) is 15.9 Å². The van der Waals surface area contributed by atoms with Gasteiger partial charge in [-0.05, 0) is 67.9 Å². The van der Waals surface area contributed by atoms with E-state index in [1.807, 2.05) is 30.3 Å². The number of rotatable bonds is 11. The molecule has 2 aromatic carbocycles. The Hall–Kier alpha value is -2.62. The fraction of sp³-hybridized carbons (Fsp3) is 0.562. The molecule has 1 heterocycles. The molecule has 0 unspecified atom stereocenters. The summed E-state index contributed by atoms with van der Waals surface area (Å²) >= 11 is 6.83. The second kappa shape index (κ2) is 14.7. The number of anilines is 2. The molecule has 0 saturated heterocycles. The minimum Gasteiger partial charge on any atom is -0.467 e. The summed E-state index contributed by atoms with van der Waals surface area (Å²) in [5.74, 6) is -0.471. The highest BCUT2D eigenvalue weighted by Gasteiger charge is 2.41. The summed E-state index contributed by atoms with van der Waals surface area (Å²) < 4.78 is 34.9. The van der Waals surface area contributed by atoms with E-state index < -0.39 is 22.0 Å². The zero-order chi connectivity index (χ0) is 30.3. The Kier molecular flexibility index (Phi) is 11.3. The van der Waals surface area contributed by atoms with Crippen molar-refractivity contribution in [1.29, 1.82) is 0 Å². The Morgan fingerprint density at radius 1 is 1.10 bits per heavy atom. The van der Waals surface area contributed by atoms with Crippen LogP contribution in [-0.2, 0) is 30.8 Å². The van der Waals surface area contributed by atoms with Crippen molar-refractivity contribution in [2.75, 3.05) is 25.6 Å². The predicted octanol–water partition coefficient (Wildman–Crippen LogP) is 6.23. The lowest BCUT2D eigenvalue weighted by atomic mass is 9.83. The van der Waals surface area contributed by atoms with Crippen LogP contribution in [0.1, 0.15) is 76.7 Å². The van der Waals surface area contributed by atoms with Crippen LogP contribution < -0.4 is 10.2 Å². The number of ether oxygens (including phenoxy) is 1. The summed E-state index contributed by atoms with van der Waals surface area (Å²) in [6.45, 7) is 2.59. The number of carbonyl (C=O) groups is 2. The van der Waals surface area contributed by atoms with Crippen LogP contribution in [-0.4, -0.2) is 57.4 Å². The summed E-state index contributed by atoms with van der Waals surface area (Å²) in [6.07, 6.45) is 8.96. The monoisotopic (exact) mass is 617 g/mol. The van der Waals surface area contributed by atoms with E-state index in [4.69, 9.17) is 16.3 Å². The van der Waals surface area contributed by atoms with Crippen LogP contribution in [0.2, 0.25) is 5.02 Å². The molecule has 2 aromatic rings. The lowest BCUT2D eigenvalue weighted by molar-refractivity contribution is -0.145. The van der Waals surface area contributed by atoms with E-state index in [1.54, 1.807) is 23.5 Å². The average molecular weight is 618 g/mol. The molecule has 1 aliphatic carbocycles. The van der Waals surface area contributed by atoms with Crippen molar-refractivity contribution in [2.24, 2.45) is 5.92 Å². The highest BCUT2D eigenvalue weighted by atomic mass is 35.5. The molecule has 10 heteroatoms. The summed E-state index contributed by atoms with van der Waals surface area (Å²) in [5.41, 5.74) is 2.06. The van der Waals surface area contributed by atoms with Crippen molar-refractivity contribution in [3.05, 3.63) is 53.1 Å². The van der Waals surface area contributed by atoms with Crippen molar-refractivity contribution in [3.63, 3.8) is 0 Å². The molecule has 1 saturated carbocycles. The molecule has 8 nitrogen and oxygen atoms in total. The minimum absolute atomic E-state index is 0.184. The van der Waals surface area contributed by atoms with Gasteiger partial charge in [0.15, 0.2) is 0 Å². The third kappa shape index (κ3) is 7.47. The Labute approximate surface area is 255 Å². The largest absolute Gasteiger partial charge is 0.467 e. The van der Waals surface area contributed by atoms with Crippen LogP contribution in [0.3, 0.4) is 0 Å². The standard InChI is InChI=1S/C32H44ClN3O5S/c1-4-5-8-17-31(37)34-27(32(38)41-3)19-18-24-20-30-28(21-26(24)33)36(25-15-11-7-12-16-25)22-29(35(2)42(30,39)40)23-13-9-6-10-14-23/h7,11-12,15-16,20-21,23,27,29H,4-6,8-10,13-14,17-19,22H2,1-3H3,(H,34,37)/t27-,29-/m0/s1. The van der Waals surface area contributed by atoms with Gasteiger partial charge >= 0.3 is 5.97 Å². The van der Waals surface area contributed by atoms with E-state index in [1.165, 1.54) is 13.5 Å². The summed E-state index contributed by atoms with van der Waals surface area (Å²) in [5, 5.41) is 3.21. The van der Waals surface area contributed by atoms with Crippen LogP contribution in [0.15, 0.2) is 47.4 Å². The van der Waals surface area contributed by atoms with Gasteiger partial charge < -0.3 is 15.0 Å². The zero-order valence-electron chi connectivity index (χ0n) is 25.0. The molecule has 1 fully saturated rings. The normalized spacial score (nSPS) is 19.9. The first-order chi connectivity index (χ1) is 20.2. The lowest BCUT2D eigenvalue weighted by Gasteiger charge is -2.36. The third-order valence-electron chi connectivity index (χ3n) is 8.70. The SMILES string of the molecule is CCCCCC(=O)N[C@@H](CCc1cc2c(cc1Cl)N(c1ccccc1)C[C@@H](C1CCCCC1)N(C)S2(=O)=O)C(=O)OC. The van der Waals surface area contributed by atoms with Crippen molar-refractivity contribution in [1.82, 2.24) is 9.62 Å². The molecular weight excluding hydrogens is 574 g/mol. The van der Waals surface area contributed by atoms with Crippen LogP contribution in [0.4, 0.5) is 11.4 Å². The number of sulfonamides is 1. The van der Waals surface area contributed by atoms with Gasteiger partial charge in [0.1, 0.15) is 10.9 Å². The molecule has 1 N–H and O–H groups in total. The minimum atomic E-state index is -3.86. The van der Waals surface area contributed by atoms with Crippen LogP contribution in [0.5, 0.6) is 0 Å². The lowest BCUT2D eigenvalue weighted by Crippen LogP contribution is -2.46. The van der Waals surface area contributed by atoms with Crippen LogP contribution in [0.25, 0.3) is 0 Å². The van der Waals surface area contributed by atoms with Gasteiger partial charge in [-0.1, -0.05) is 68.8 Å². The molecule has 230 valence electrons. The van der Waals surface area contributed by atoms with Crippen molar-refractivity contribution < 1.29 is 22.7 Å². The Morgan fingerprint density at radius 3 is 2.48 bits per heavy atom. The number of halogens is 1. The van der Waals surface area contributed by atoms with Crippen LogP contribution in [0, 0.1) is 5.92 Å². The number of aryl methyl sites for hydroxylation is 1. The molecular formula is C32H44ClN3O5S. The number of nitrogens with one attached hydrogen (secondary N) is 1. The number of methoxy groups -OCH3 is 1. The quantitative estimate of drug-likeness (QED) is 0.237. The van der Waals surface area contributed by atoms with Gasteiger partial charge in [0.05, 0.1) is 12.8 Å². The second-order valence-corrected chi connectivity index (χ2v) is 13.9. The van der Waals surface area contributed by atoms with Gasteiger partial charge in [-0.2, -0.15) is 4.31 Å². The molecule has 2 atom stereocenters. The van der Waals surface area contributed by atoms with Gasteiger partial charge in [0, 0.05) is 36.8 Å². The second-order valence-electron chi connectivity index (χ2n) is 11.5. The Balaban J connectivity index is 1.67. The molecule has 0 aromatic heterocycles. The van der Waals surface area contributed by atoms with Crippen molar-refractivity contribution >= 4 is 44.9 Å². The van der Waals surface area contributed by atoms with Gasteiger partial charge in [-0.15, -0.1) is 0 Å². The van der Waals surface area contributed by atoms with E-state index in [0.717, 1.165) is 50.6 Å². The number of benzene rings is 2. The first-order valence-electron chi connectivity index (χ1n) is 15.2. The summed E-state index contributed by atoms with van der Waals surface area (Å²) in [6, 6.07) is 12.2. The smallest absolute Gasteiger partial charge is 0.328 e. The highest BCUT2D eigenvalue weighted by molar-refractivity contribution is 7.89. The van der Waals surface area contributed by atoms with Gasteiger partial charge in [0.25, 0.3) is 0 Å². The fourth-order valence-corrected chi connectivity index (χ4v) is 8.12. The van der Waals surface area contributed by atoms with E-state index in [0.29, 0.717) is 29.2 Å². The third-order valence-corrected chi connectivity index (χ3v) is 11.0. The first-order valence-corrected chi connectivity index (χ1v) is 17.0. The zero-order valence-corrected chi connectivity index (χ0v) is 26.6. The number of fused-ring (bicyclic) bond motifs is 1. The number of likely N-dealkylation sites (N-methyl/N-ethyl adjacent to an activating group) is 1. The molecule has 1 aliphatic heterocycles. The highest BCUT2D eigenvalue weighted by Crippen LogP contribution is 2.42. The van der Waals surface area contributed by atoms with Gasteiger partial charge in [-0.3, -0.25) is 4.79 Å². The average Bonchev–Trinajstić information content (AvgIpc) is 3.07. The number of unbranched alkanes of at least 4 members (excludes halogenated alkanes) is 2. The maximum absolute atomic E-state index is 14.2. The molecule has 1 amide bonds. The molecule has 4 rings (SSSR count). The number of para-hydroxylation sites is 1. The number of amides is 1. The van der Waals surface area contributed by atoms with Crippen molar-refractivity contribution in [2.45, 2.75) is 94.5 Å². The van der Waals surface area contributed by atoms with E-state index in [2.05, 4.69) is 17.1 Å². The Bertz CT molecular complexity index is 1330. The first kappa shape index (κ1) is 32.3. The van der Waals surface area contributed by atoms with E-state index >= 15 is 0 Å². The molecule has 2 aliphatic rings. The summed E-state index contributed by atoms with van der Waals surface area (Å²) in [7, 11) is -0.870. The van der Waals surface area contributed by atoms with Crippen molar-refractivity contribution in [3.8, 4) is 0 Å². The number of nitrogens with zero attached hydrogens (tertiary/aromatic N) is 2. The Morgan fingerprint density at radius 2 is 1.81 bits per heavy atom. The maximum Gasteiger partial charge on any atom is 0.328 e. The number of hydrogen-bond acceptors (Lipinski definition) is 6.